The SMILES string of the molecule is COC(=O)c1c(NC(=O)c2nn(-c3cccc(C)c3)ccc2=O)sc([C@H](C)C#N)c1C. The number of nitriles is 1. The fraction of sp³-hybridized carbons (Fsp3) is 0.227. The molecule has 158 valence electrons. The third-order valence-electron chi connectivity index (χ3n) is 4.68. The molecule has 0 aliphatic heterocycles. The maximum Gasteiger partial charge on any atom is 0.341 e. The second-order valence-electron chi connectivity index (χ2n) is 6.90. The van der Waals surface area contributed by atoms with Crippen LogP contribution in [0.15, 0.2) is 41.3 Å². The summed E-state index contributed by atoms with van der Waals surface area (Å²) in [6, 6.07) is 10.8. The Hall–Kier alpha value is -3.77. The van der Waals surface area contributed by atoms with Gasteiger partial charge < -0.3 is 10.1 Å². The number of rotatable bonds is 5. The first-order chi connectivity index (χ1) is 14.8. The summed E-state index contributed by atoms with van der Waals surface area (Å²) in [4.78, 5) is 38.2. The predicted octanol–water partition coefficient (Wildman–Crippen LogP) is 3.58. The van der Waals surface area contributed by atoms with Crippen LogP contribution in [0.25, 0.3) is 5.69 Å². The van der Waals surface area contributed by atoms with Gasteiger partial charge in [0.15, 0.2) is 5.69 Å². The van der Waals surface area contributed by atoms with Crippen LogP contribution < -0.4 is 10.7 Å². The Labute approximate surface area is 182 Å². The zero-order valence-corrected chi connectivity index (χ0v) is 18.2. The smallest absolute Gasteiger partial charge is 0.341 e. The minimum atomic E-state index is -0.755. The van der Waals surface area contributed by atoms with Crippen LogP contribution >= 0.6 is 11.3 Å². The molecule has 2 heterocycles. The maximum absolute atomic E-state index is 12.9. The van der Waals surface area contributed by atoms with E-state index in [1.165, 1.54) is 24.1 Å². The first-order valence-electron chi connectivity index (χ1n) is 9.36. The van der Waals surface area contributed by atoms with Gasteiger partial charge in [0.25, 0.3) is 5.91 Å². The molecule has 0 bridgehead atoms. The largest absolute Gasteiger partial charge is 0.465 e. The van der Waals surface area contributed by atoms with Crippen molar-refractivity contribution < 1.29 is 14.3 Å². The van der Waals surface area contributed by atoms with Crippen LogP contribution in [0.4, 0.5) is 5.00 Å². The molecule has 0 aliphatic rings. The van der Waals surface area contributed by atoms with E-state index in [9.17, 15) is 19.6 Å². The molecule has 0 radical (unpaired) electrons. The molecular formula is C22H20N4O4S. The number of amides is 1. The van der Waals surface area contributed by atoms with Gasteiger partial charge in [-0.2, -0.15) is 10.4 Å². The number of ether oxygens (including phenoxy) is 1. The van der Waals surface area contributed by atoms with Crippen molar-refractivity contribution in [3.63, 3.8) is 0 Å². The summed E-state index contributed by atoms with van der Waals surface area (Å²) in [6.45, 7) is 5.31. The van der Waals surface area contributed by atoms with Crippen molar-refractivity contribution >= 4 is 28.2 Å². The highest BCUT2D eigenvalue weighted by Crippen LogP contribution is 2.37. The Morgan fingerprint density at radius 1 is 1.29 bits per heavy atom. The maximum atomic E-state index is 12.9. The van der Waals surface area contributed by atoms with Crippen LogP contribution in [0, 0.1) is 25.2 Å². The fourth-order valence-corrected chi connectivity index (χ4v) is 4.27. The molecule has 1 amide bonds. The molecule has 1 aromatic carbocycles. The number of benzene rings is 1. The molecule has 31 heavy (non-hydrogen) atoms. The lowest BCUT2D eigenvalue weighted by atomic mass is 10.0. The minimum absolute atomic E-state index is 0.160. The lowest BCUT2D eigenvalue weighted by Gasteiger charge is -2.09. The summed E-state index contributed by atoms with van der Waals surface area (Å²) >= 11 is 1.10. The number of esters is 1. The van der Waals surface area contributed by atoms with E-state index in [1.54, 1.807) is 19.9 Å². The molecule has 3 rings (SSSR count). The number of methoxy groups -OCH3 is 1. The highest BCUT2D eigenvalue weighted by Gasteiger charge is 2.26. The molecule has 0 spiro atoms. The van der Waals surface area contributed by atoms with Crippen molar-refractivity contribution in [3.05, 3.63) is 74.0 Å². The van der Waals surface area contributed by atoms with Crippen molar-refractivity contribution in [1.29, 1.82) is 5.26 Å². The summed E-state index contributed by atoms with van der Waals surface area (Å²) in [5.41, 5.74) is 1.54. The van der Waals surface area contributed by atoms with Crippen LogP contribution in [0.5, 0.6) is 0 Å². The van der Waals surface area contributed by atoms with Crippen molar-refractivity contribution in [3.8, 4) is 11.8 Å². The molecule has 0 fully saturated rings. The highest BCUT2D eigenvalue weighted by molar-refractivity contribution is 7.17. The van der Waals surface area contributed by atoms with Gasteiger partial charge in [-0.25, -0.2) is 9.48 Å². The molecule has 0 saturated heterocycles. The van der Waals surface area contributed by atoms with Crippen LogP contribution in [0.3, 0.4) is 0 Å². The summed E-state index contributed by atoms with van der Waals surface area (Å²) in [6.07, 6.45) is 1.48. The van der Waals surface area contributed by atoms with E-state index < -0.39 is 23.2 Å². The summed E-state index contributed by atoms with van der Waals surface area (Å²) in [7, 11) is 1.23. The average Bonchev–Trinajstić information content (AvgIpc) is 3.08. The molecule has 0 unspecified atom stereocenters. The van der Waals surface area contributed by atoms with E-state index in [-0.39, 0.29) is 16.3 Å². The van der Waals surface area contributed by atoms with Crippen LogP contribution in [0.1, 0.15) is 49.7 Å². The predicted molar refractivity (Wildman–Crippen MR) is 117 cm³/mol. The Balaban J connectivity index is 2.02. The number of hydrogen-bond acceptors (Lipinski definition) is 7. The molecule has 2 aromatic heterocycles. The number of nitrogens with zero attached hydrogens (tertiary/aromatic N) is 3. The van der Waals surface area contributed by atoms with Crippen molar-refractivity contribution in [2.24, 2.45) is 0 Å². The number of nitrogens with one attached hydrogen (secondary N) is 1. The van der Waals surface area contributed by atoms with Gasteiger partial charge in [-0.15, -0.1) is 11.3 Å². The zero-order valence-electron chi connectivity index (χ0n) is 17.4. The van der Waals surface area contributed by atoms with Gasteiger partial charge in [0, 0.05) is 17.1 Å². The third-order valence-corrected chi connectivity index (χ3v) is 6.07. The molecule has 1 atom stereocenters. The van der Waals surface area contributed by atoms with Gasteiger partial charge in [-0.1, -0.05) is 12.1 Å². The number of thiophene rings is 1. The Bertz CT molecular complexity index is 1270. The first-order valence-corrected chi connectivity index (χ1v) is 10.2. The minimum Gasteiger partial charge on any atom is -0.465 e. The van der Waals surface area contributed by atoms with E-state index in [4.69, 9.17) is 4.74 Å². The summed E-state index contributed by atoms with van der Waals surface area (Å²) in [5.74, 6) is -1.87. The summed E-state index contributed by atoms with van der Waals surface area (Å²) < 4.78 is 6.27. The second kappa shape index (κ2) is 8.93. The van der Waals surface area contributed by atoms with Gasteiger partial charge in [-0.3, -0.25) is 9.59 Å². The number of carbonyl (C=O) groups excluding carboxylic acids is 2. The third kappa shape index (κ3) is 4.39. The van der Waals surface area contributed by atoms with Gasteiger partial charge in [0.1, 0.15) is 5.00 Å². The van der Waals surface area contributed by atoms with Crippen LogP contribution in [-0.4, -0.2) is 28.8 Å². The molecule has 0 saturated carbocycles. The van der Waals surface area contributed by atoms with E-state index in [0.717, 1.165) is 16.9 Å². The zero-order chi connectivity index (χ0) is 22.7. The lowest BCUT2D eigenvalue weighted by Crippen LogP contribution is -2.25. The van der Waals surface area contributed by atoms with E-state index in [0.29, 0.717) is 16.1 Å². The van der Waals surface area contributed by atoms with E-state index in [1.807, 2.05) is 25.1 Å². The van der Waals surface area contributed by atoms with Gasteiger partial charge in [0.2, 0.25) is 5.43 Å². The van der Waals surface area contributed by atoms with Crippen LogP contribution in [0.2, 0.25) is 0 Å². The highest BCUT2D eigenvalue weighted by atomic mass is 32.1. The molecule has 3 aromatic rings. The van der Waals surface area contributed by atoms with Crippen molar-refractivity contribution in [1.82, 2.24) is 9.78 Å². The molecule has 1 N–H and O–H groups in total. The standard InChI is InChI=1S/C22H20N4O4S/c1-12-6-5-7-15(10-12)26-9-8-16(27)18(25-26)20(28)24-21-17(22(29)30-4)14(3)19(31-21)13(2)11-23/h5-10,13H,1-4H3,(H,24,28)/t13-/m1/s1. The summed E-state index contributed by atoms with van der Waals surface area (Å²) in [5, 5.41) is 16.3. The fourth-order valence-electron chi connectivity index (χ4n) is 3.08. The van der Waals surface area contributed by atoms with E-state index >= 15 is 0 Å². The molecular weight excluding hydrogens is 416 g/mol. The first kappa shape index (κ1) is 21.9. The second-order valence-corrected chi connectivity index (χ2v) is 7.96. The van der Waals surface area contributed by atoms with Crippen molar-refractivity contribution in [2.45, 2.75) is 26.7 Å². The van der Waals surface area contributed by atoms with Gasteiger partial charge >= 0.3 is 5.97 Å². The van der Waals surface area contributed by atoms with E-state index in [2.05, 4.69) is 16.5 Å². The lowest BCUT2D eigenvalue weighted by molar-refractivity contribution is 0.0601. The average molecular weight is 436 g/mol. The molecule has 8 nitrogen and oxygen atoms in total. The van der Waals surface area contributed by atoms with Crippen LogP contribution in [-0.2, 0) is 4.74 Å². The Morgan fingerprint density at radius 2 is 2.03 bits per heavy atom. The number of anilines is 1. The number of aryl methyl sites for hydroxylation is 1. The quantitative estimate of drug-likeness (QED) is 0.612. The van der Waals surface area contributed by atoms with Gasteiger partial charge in [-0.05, 0) is 44.0 Å². The van der Waals surface area contributed by atoms with Gasteiger partial charge in [0.05, 0.1) is 30.3 Å². The Morgan fingerprint density at radius 3 is 2.68 bits per heavy atom. The Kier molecular flexibility index (Phi) is 6.32. The molecule has 9 heteroatoms. The number of hydrogen-bond donors (Lipinski definition) is 1. The normalized spacial score (nSPS) is 11.5. The van der Waals surface area contributed by atoms with Crippen molar-refractivity contribution in [2.75, 3.05) is 12.4 Å². The number of aromatic nitrogens is 2. The monoisotopic (exact) mass is 436 g/mol. The molecule has 0 aliphatic carbocycles. The number of carbonyl (C=O) groups is 2. The topological polar surface area (TPSA) is 114 Å².